The van der Waals surface area contributed by atoms with Gasteiger partial charge in [-0.2, -0.15) is 0 Å². The Bertz CT molecular complexity index is 1360. The van der Waals surface area contributed by atoms with Gasteiger partial charge in [0, 0.05) is 22.5 Å². The molecule has 0 aliphatic carbocycles. The third kappa shape index (κ3) is 3.33. The van der Waals surface area contributed by atoms with Crippen LogP contribution >= 0.6 is 0 Å². The highest BCUT2D eigenvalue weighted by Gasteiger charge is 2.23. The summed E-state index contributed by atoms with van der Waals surface area (Å²) in [5.74, 6) is 0. The molecule has 0 aliphatic rings. The van der Waals surface area contributed by atoms with Crippen molar-refractivity contribution in [3.8, 4) is 22.4 Å². The fourth-order valence-corrected chi connectivity index (χ4v) is 4.47. The number of pyridine rings is 1. The van der Waals surface area contributed by atoms with E-state index in [4.69, 9.17) is 9.40 Å². The second kappa shape index (κ2) is 7.70. The van der Waals surface area contributed by atoms with Gasteiger partial charge in [0.2, 0.25) is 0 Å². The van der Waals surface area contributed by atoms with Gasteiger partial charge in [-0.1, -0.05) is 63.2 Å². The van der Waals surface area contributed by atoms with Gasteiger partial charge in [0.25, 0.3) is 0 Å². The highest BCUT2D eigenvalue weighted by molar-refractivity contribution is 6.13. The fraction of sp³-hybridized carbons (Fsp3) is 0.207. The average molecular weight is 406 g/mol. The van der Waals surface area contributed by atoms with E-state index in [0.29, 0.717) is 0 Å². The van der Waals surface area contributed by atoms with Crippen molar-refractivity contribution in [3.63, 3.8) is 0 Å². The van der Waals surface area contributed by atoms with Crippen LogP contribution in [0.1, 0.15) is 39.2 Å². The van der Waals surface area contributed by atoms with Crippen molar-refractivity contribution >= 4 is 21.9 Å². The first-order valence-corrected chi connectivity index (χ1v) is 11.1. The van der Waals surface area contributed by atoms with E-state index in [2.05, 4.69) is 87.5 Å². The molecule has 2 heterocycles. The molecule has 0 unspecified atom stereocenters. The molecular weight excluding hydrogens is 378 g/mol. The molecule has 0 aliphatic heterocycles. The van der Waals surface area contributed by atoms with E-state index in [1.165, 1.54) is 16.7 Å². The normalized spacial score (nSPS) is 12.0. The predicted molar refractivity (Wildman–Crippen MR) is 130 cm³/mol. The zero-order valence-electron chi connectivity index (χ0n) is 18.4. The Kier molecular flexibility index (Phi) is 4.86. The lowest BCUT2D eigenvalue weighted by Crippen LogP contribution is -2.19. The van der Waals surface area contributed by atoms with E-state index in [1.807, 2.05) is 18.3 Å². The van der Waals surface area contributed by atoms with Gasteiger partial charge in [-0.15, -0.1) is 0 Å². The zero-order chi connectivity index (χ0) is 21.4. The zero-order valence-corrected chi connectivity index (χ0v) is 18.4. The number of aromatic nitrogens is 1. The summed E-state index contributed by atoms with van der Waals surface area (Å²) < 4.78 is 6.20. The van der Waals surface area contributed by atoms with Crippen LogP contribution in [-0.4, -0.2) is 4.98 Å². The van der Waals surface area contributed by atoms with Crippen LogP contribution in [0.4, 0.5) is 0 Å². The number of fused-ring (bicyclic) bond motifs is 3. The summed E-state index contributed by atoms with van der Waals surface area (Å²) in [7, 11) is 0. The van der Waals surface area contributed by atoms with Gasteiger partial charge in [0.05, 0.1) is 5.69 Å². The van der Waals surface area contributed by atoms with Crippen LogP contribution in [0.15, 0.2) is 89.5 Å². The first-order valence-electron chi connectivity index (χ1n) is 11.1. The summed E-state index contributed by atoms with van der Waals surface area (Å²) in [6.07, 6.45) is 4.17. The van der Waals surface area contributed by atoms with Crippen molar-refractivity contribution in [3.05, 3.63) is 90.6 Å². The molecule has 154 valence electrons. The van der Waals surface area contributed by atoms with Gasteiger partial charge in [0.15, 0.2) is 0 Å². The minimum Gasteiger partial charge on any atom is -0.456 e. The molecule has 0 amide bonds. The molecule has 3 aromatic carbocycles. The van der Waals surface area contributed by atoms with Gasteiger partial charge in [-0.25, -0.2) is 0 Å². The standard InChI is InChI=1S/C29H27NO/c1-4-29(3,5-2)22-16-17-30-25(19-22)21-14-15-26-24(18-21)28-23(12-9-13-27(28)31-26)20-10-7-6-8-11-20/h6-19H,4-5H2,1-3H3. The van der Waals surface area contributed by atoms with Crippen LogP contribution in [0.3, 0.4) is 0 Å². The SMILES string of the molecule is CCC(C)(CC)c1ccnc(-c2ccc3oc4cccc(-c5ccccc5)c4c3c2)c1. The maximum Gasteiger partial charge on any atom is 0.136 e. The summed E-state index contributed by atoms with van der Waals surface area (Å²) >= 11 is 0. The molecule has 2 heteroatoms. The largest absolute Gasteiger partial charge is 0.456 e. The third-order valence-corrected chi connectivity index (χ3v) is 6.89. The molecule has 0 saturated carbocycles. The van der Waals surface area contributed by atoms with Crippen molar-refractivity contribution in [2.75, 3.05) is 0 Å². The minimum absolute atomic E-state index is 0.171. The lowest BCUT2D eigenvalue weighted by molar-refractivity contribution is 0.438. The van der Waals surface area contributed by atoms with Crippen LogP contribution in [0.2, 0.25) is 0 Å². The van der Waals surface area contributed by atoms with E-state index >= 15 is 0 Å². The lowest BCUT2D eigenvalue weighted by Gasteiger charge is -2.27. The quantitative estimate of drug-likeness (QED) is 0.293. The number of hydrogen-bond donors (Lipinski definition) is 0. The molecule has 0 N–H and O–H groups in total. The van der Waals surface area contributed by atoms with Crippen LogP contribution < -0.4 is 0 Å². The van der Waals surface area contributed by atoms with E-state index in [-0.39, 0.29) is 5.41 Å². The van der Waals surface area contributed by atoms with Gasteiger partial charge in [-0.05, 0) is 71.3 Å². The molecule has 0 radical (unpaired) electrons. The van der Waals surface area contributed by atoms with Crippen molar-refractivity contribution in [1.82, 2.24) is 4.98 Å². The van der Waals surface area contributed by atoms with Crippen LogP contribution in [0.5, 0.6) is 0 Å². The van der Waals surface area contributed by atoms with Crippen LogP contribution in [0, 0.1) is 0 Å². The first-order chi connectivity index (χ1) is 15.1. The molecular formula is C29H27NO. The summed E-state index contributed by atoms with van der Waals surface area (Å²) in [5.41, 5.74) is 7.87. The first kappa shape index (κ1) is 19.6. The number of benzene rings is 3. The monoisotopic (exact) mass is 405 g/mol. The average Bonchev–Trinajstić information content (AvgIpc) is 3.22. The van der Waals surface area contributed by atoms with Crippen molar-refractivity contribution < 1.29 is 4.42 Å². The Balaban J connectivity index is 1.70. The van der Waals surface area contributed by atoms with Crippen LogP contribution in [-0.2, 0) is 5.41 Å². The molecule has 0 spiro atoms. The van der Waals surface area contributed by atoms with E-state index in [0.717, 1.165) is 46.0 Å². The molecule has 5 aromatic rings. The van der Waals surface area contributed by atoms with Gasteiger partial charge in [0.1, 0.15) is 11.2 Å². The Labute approximate surface area is 183 Å². The summed E-state index contributed by atoms with van der Waals surface area (Å²) in [4.78, 5) is 4.71. The van der Waals surface area contributed by atoms with E-state index in [1.54, 1.807) is 0 Å². The molecule has 2 nitrogen and oxygen atoms in total. The second-order valence-electron chi connectivity index (χ2n) is 8.56. The number of nitrogens with zero attached hydrogens (tertiary/aromatic N) is 1. The molecule has 2 aromatic heterocycles. The third-order valence-electron chi connectivity index (χ3n) is 6.89. The molecule has 0 saturated heterocycles. The van der Waals surface area contributed by atoms with Gasteiger partial charge < -0.3 is 4.42 Å². The molecule has 5 rings (SSSR count). The predicted octanol–water partition coefficient (Wildman–Crippen LogP) is 8.39. The number of furan rings is 1. The van der Waals surface area contributed by atoms with Gasteiger partial charge >= 0.3 is 0 Å². The minimum atomic E-state index is 0.171. The summed E-state index contributed by atoms with van der Waals surface area (Å²) in [6.45, 7) is 6.86. The molecule has 0 bridgehead atoms. The maximum absolute atomic E-state index is 6.20. The molecule has 31 heavy (non-hydrogen) atoms. The van der Waals surface area contributed by atoms with E-state index < -0.39 is 0 Å². The van der Waals surface area contributed by atoms with Crippen molar-refractivity contribution in [2.24, 2.45) is 0 Å². The van der Waals surface area contributed by atoms with Gasteiger partial charge in [-0.3, -0.25) is 4.98 Å². The highest BCUT2D eigenvalue weighted by Crippen LogP contribution is 2.39. The fourth-order valence-electron chi connectivity index (χ4n) is 4.47. The topological polar surface area (TPSA) is 26.0 Å². The lowest BCUT2D eigenvalue weighted by atomic mass is 9.78. The van der Waals surface area contributed by atoms with Crippen molar-refractivity contribution in [2.45, 2.75) is 39.0 Å². The highest BCUT2D eigenvalue weighted by atomic mass is 16.3. The summed E-state index contributed by atoms with van der Waals surface area (Å²) in [5, 5.41) is 2.29. The Morgan fingerprint density at radius 3 is 2.35 bits per heavy atom. The van der Waals surface area contributed by atoms with E-state index in [9.17, 15) is 0 Å². The summed E-state index contributed by atoms with van der Waals surface area (Å²) in [6, 6.07) is 27.6. The van der Waals surface area contributed by atoms with Crippen LogP contribution in [0.25, 0.3) is 44.3 Å². The smallest absolute Gasteiger partial charge is 0.136 e. The second-order valence-corrected chi connectivity index (χ2v) is 8.56. The maximum atomic E-state index is 6.20. The Hall–Kier alpha value is -3.39. The van der Waals surface area contributed by atoms with Crippen molar-refractivity contribution in [1.29, 1.82) is 0 Å². The molecule has 0 fully saturated rings. The Morgan fingerprint density at radius 1 is 0.774 bits per heavy atom. The molecule has 0 atom stereocenters. The number of hydrogen-bond acceptors (Lipinski definition) is 2. The Morgan fingerprint density at radius 2 is 1.58 bits per heavy atom. The number of rotatable bonds is 5.